The summed E-state index contributed by atoms with van der Waals surface area (Å²) in [7, 11) is 0. The van der Waals surface area contributed by atoms with Crippen LogP contribution < -0.4 is 16.8 Å². The Morgan fingerprint density at radius 3 is 2.16 bits per heavy atom. The number of carboxylic acids is 2. The molecule has 8 nitrogen and oxygen atoms in total. The van der Waals surface area contributed by atoms with Crippen LogP contribution in [0.15, 0.2) is 30.3 Å². The van der Waals surface area contributed by atoms with E-state index in [-0.39, 0.29) is 6.04 Å². The lowest BCUT2D eigenvalue weighted by Gasteiger charge is -2.12. The second-order valence-corrected chi connectivity index (χ2v) is 6.05. The SMILES string of the molecule is C[C@@H](NC(=O)[C@@H](N)CC(=O)O)C(=O)O.NC(c1ccccc1)C1CC1. The van der Waals surface area contributed by atoms with E-state index in [0.29, 0.717) is 0 Å². The fraction of sp³-hybridized carbons (Fsp3) is 0.471. The van der Waals surface area contributed by atoms with Gasteiger partial charge in [-0.05, 0) is 31.2 Å². The molecule has 0 radical (unpaired) electrons. The van der Waals surface area contributed by atoms with Gasteiger partial charge in [-0.2, -0.15) is 0 Å². The Morgan fingerprint density at radius 2 is 1.72 bits per heavy atom. The maximum atomic E-state index is 11.0. The molecule has 0 spiro atoms. The summed E-state index contributed by atoms with van der Waals surface area (Å²) in [5, 5.41) is 18.8. The third-order valence-corrected chi connectivity index (χ3v) is 3.77. The average molecular weight is 351 g/mol. The van der Waals surface area contributed by atoms with Crippen LogP contribution in [0.5, 0.6) is 0 Å². The smallest absolute Gasteiger partial charge is 0.325 e. The number of amides is 1. The molecular weight excluding hydrogens is 326 g/mol. The Balaban J connectivity index is 0.000000255. The third kappa shape index (κ3) is 7.77. The lowest BCUT2D eigenvalue weighted by Crippen LogP contribution is -2.47. The van der Waals surface area contributed by atoms with E-state index in [0.717, 1.165) is 5.92 Å². The highest BCUT2D eigenvalue weighted by Gasteiger charge is 2.29. The zero-order valence-electron chi connectivity index (χ0n) is 14.1. The van der Waals surface area contributed by atoms with Gasteiger partial charge in [0, 0.05) is 6.04 Å². The number of carbonyl (C=O) groups is 3. The van der Waals surface area contributed by atoms with Crippen LogP contribution in [-0.2, 0) is 14.4 Å². The molecule has 1 aromatic carbocycles. The molecule has 1 amide bonds. The van der Waals surface area contributed by atoms with Gasteiger partial charge < -0.3 is 27.0 Å². The first-order valence-corrected chi connectivity index (χ1v) is 8.03. The van der Waals surface area contributed by atoms with Crippen LogP contribution in [0, 0.1) is 5.92 Å². The summed E-state index contributed by atoms with van der Waals surface area (Å²) < 4.78 is 0. The molecule has 0 aliphatic heterocycles. The van der Waals surface area contributed by atoms with Gasteiger partial charge in [0.05, 0.1) is 12.5 Å². The highest BCUT2D eigenvalue weighted by molar-refractivity contribution is 5.89. The first kappa shape index (κ1) is 20.6. The number of nitrogens with one attached hydrogen (secondary N) is 1. The van der Waals surface area contributed by atoms with Crippen LogP contribution in [0.4, 0.5) is 0 Å². The molecule has 2 rings (SSSR count). The molecule has 0 heterocycles. The van der Waals surface area contributed by atoms with E-state index in [1.54, 1.807) is 0 Å². The van der Waals surface area contributed by atoms with E-state index in [9.17, 15) is 14.4 Å². The fourth-order valence-electron chi connectivity index (χ4n) is 2.07. The molecular formula is C17H25N3O5. The third-order valence-electron chi connectivity index (χ3n) is 3.77. The number of hydrogen-bond donors (Lipinski definition) is 5. The molecule has 1 fully saturated rings. The van der Waals surface area contributed by atoms with Crippen LogP contribution >= 0.6 is 0 Å². The van der Waals surface area contributed by atoms with Crippen molar-refractivity contribution in [2.75, 3.05) is 0 Å². The zero-order valence-corrected chi connectivity index (χ0v) is 14.1. The van der Waals surface area contributed by atoms with E-state index < -0.39 is 36.4 Å². The van der Waals surface area contributed by atoms with Gasteiger partial charge in [-0.1, -0.05) is 30.3 Å². The van der Waals surface area contributed by atoms with Crippen molar-refractivity contribution in [1.29, 1.82) is 0 Å². The van der Waals surface area contributed by atoms with E-state index in [4.69, 9.17) is 21.7 Å². The summed E-state index contributed by atoms with van der Waals surface area (Å²) in [6.45, 7) is 1.26. The van der Waals surface area contributed by atoms with E-state index in [1.807, 2.05) is 6.07 Å². The van der Waals surface area contributed by atoms with Crippen molar-refractivity contribution in [3.05, 3.63) is 35.9 Å². The number of carbonyl (C=O) groups excluding carboxylic acids is 1. The summed E-state index contributed by atoms with van der Waals surface area (Å²) in [6.07, 6.45) is 2.10. The van der Waals surface area contributed by atoms with Crippen molar-refractivity contribution < 1.29 is 24.6 Å². The lowest BCUT2D eigenvalue weighted by atomic mass is 10.0. The molecule has 0 saturated heterocycles. The number of carboxylic acid groups (broad SMARTS) is 2. The number of hydrogen-bond acceptors (Lipinski definition) is 5. The normalized spacial score (nSPS) is 16.6. The van der Waals surface area contributed by atoms with Crippen molar-refractivity contribution in [3.8, 4) is 0 Å². The fourth-order valence-corrected chi connectivity index (χ4v) is 2.07. The summed E-state index contributed by atoms with van der Waals surface area (Å²) >= 11 is 0. The van der Waals surface area contributed by atoms with E-state index in [1.165, 1.54) is 25.3 Å². The Kier molecular flexibility index (Phi) is 8.03. The van der Waals surface area contributed by atoms with Gasteiger partial charge in [-0.3, -0.25) is 14.4 Å². The van der Waals surface area contributed by atoms with Gasteiger partial charge in [0.1, 0.15) is 6.04 Å². The van der Waals surface area contributed by atoms with Gasteiger partial charge in [-0.25, -0.2) is 0 Å². The van der Waals surface area contributed by atoms with Crippen LogP contribution in [-0.4, -0.2) is 40.1 Å². The van der Waals surface area contributed by atoms with Gasteiger partial charge in [0.25, 0.3) is 0 Å². The highest BCUT2D eigenvalue weighted by Crippen LogP contribution is 2.39. The lowest BCUT2D eigenvalue weighted by molar-refractivity contribution is -0.142. The standard InChI is InChI=1S/C10H13N.C7H12N2O5/c11-10(9-6-7-9)8-4-2-1-3-5-8;1-3(7(13)14)9-6(12)4(8)2-5(10)11/h1-5,9-10H,6-7,11H2;3-4H,2,8H2,1H3,(H,9,12)(H,10,11)(H,13,14)/t;3-,4+/m.1/s1. The highest BCUT2D eigenvalue weighted by atomic mass is 16.4. The molecule has 8 heteroatoms. The summed E-state index contributed by atoms with van der Waals surface area (Å²) in [5.41, 5.74) is 12.5. The summed E-state index contributed by atoms with van der Waals surface area (Å²) in [4.78, 5) is 31.5. The van der Waals surface area contributed by atoms with Crippen molar-refractivity contribution in [2.24, 2.45) is 17.4 Å². The Labute approximate surface area is 146 Å². The first-order valence-electron chi connectivity index (χ1n) is 8.03. The molecule has 0 bridgehead atoms. The number of nitrogens with two attached hydrogens (primary N) is 2. The molecule has 3 atom stereocenters. The van der Waals surface area contributed by atoms with Crippen molar-refractivity contribution >= 4 is 17.8 Å². The van der Waals surface area contributed by atoms with Crippen LogP contribution in [0.1, 0.15) is 37.8 Å². The molecule has 1 unspecified atom stereocenters. The monoisotopic (exact) mass is 351 g/mol. The average Bonchev–Trinajstić information content (AvgIpc) is 3.39. The van der Waals surface area contributed by atoms with Gasteiger partial charge in [-0.15, -0.1) is 0 Å². The van der Waals surface area contributed by atoms with Crippen molar-refractivity contribution in [3.63, 3.8) is 0 Å². The molecule has 1 aliphatic carbocycles. The molecule has 1 saturated carbocycles. The predicted molar refractivity (Wildman–Crippen MR) is 91.6 cm³/mol. The first-order chi connectivity index (χ1) is 11.7. The second-order valence-electron chi connectivity index (χ2n) is 6.05. The van der Waals surface area contributed by atoms with E-state index in [2.05, 4.69) is 29.6 Å². The number of rotatable bonds is 7. The Hall–Kier alpha value is -2.45. The largest absolute Gasteiger partial charge is 0.481 e. The maximum Gasteiger partial charge on any atom is 0.325 e. The minimum atomic E-state index is -1.23. The van der Waals surface area contributed by atoms with E-state index >= 15 is 0 Å². The van der Waals surface area contributed by atoms with Gasteiger partial charge in [0.15, 0.2) is 0 Å². The second kappa shape index (κ2) is 9.75. The zero-order chi connectivity index (χ0) is 19.0. The molecule has 1 aliphatic rings. The Morgan fingerprint density at radius 1 is 1.16 bits per heavy atom. The molecule has 0 aromatic heterocycles. The summed E-state index contributed by atoms with van der Waals surface area (Å²) in [6, 6.07) is 8.34. The predicted octanol–water partition coefficient (Wildman–Crippen LogP) is 0.474. The van der Waals surface area contributed by atoms with Gasteiger partial charge in [0.2, 0.25) is 5.91 Å². The maximum absolute atomic E-state index is 11.0. The molecule has 1 aromatic rings. The van der Waals surface area contributed by atoms with Crippen molar-refractivity contribution in [1.82, 2.24) is 5.32 Å². The molecule has 25 heavy (non-hydrogen) atoms. The summed E-state index contributed by atoms with van der Waals surface area (Å²) in [5.74, 6) is -2.45. The van der Waals surface area contributed by atoms with Crippen LogP contribution in [0.25, 0.3) is 0 Å². The number of aliphatic carboxylic acids is 2. The quantitative estimate of drug-likeness (QED) is 0.478. The molecule has 138 valence electrons. The molecule has 7 N–H and O–H groups in total. The van der Waals surface area contributed by atoms with Crippen LogP contribution in [0.2, 0.25) is 0 Å². The minimum Gasteiger partial charge on any atom is -0.481 e. The Bertz CT molecular complexity index is 589. The van der Waals surface area contributed by atoms with Crippen LogP contribution in [0.3, 0.4) is 0 Å². The van der Waals surface area contributed by atoms with Crippen molar-refractivity contribution in [2.45, 2.75) is 44.3 Å². The van der Waals surface area contributed by atoms with Gasteiger partial charge >= 0.3 is 11.9 Å². The topological polar surface area (TPSA) is 156 Å². The minimum absolute atomic E-state index is 0.288. The number of benzene rings is 1.